The van der Waals surface area contributed by atoms with Crippen LogP contribution in [-0.2, 0) is 4.79 Å². The maximum absolute atomic E-state index is 11.7. The van der Waals surface area contributed by atoms with Crippen molar-refractivity contribution in [1.82, 2.24) is 4.90 Å². The highest BCUT2D eigenvalue weighted by molar-refractivity contribution is 9.10. The van der Waals surface area contributed by atoms with Crippen molar-refractivity contribution in [2.24, 2.45) is 5.92 Å². The Morgan fingerprint density at radius 1 is 1.67 bits per heavy atom. The number of nitrogens with zero attached hydrogens (tertiary/aromatic N) is 1. The van der Waals surface area contributed by atoms with E-state index in [0.29, 0.717) is 5.92 Å². The standard InChI is InChI=1S/C11H20BrNO2/c1-9(8-14)4-2-6-13-7-3-5-10(12)11(13)15/h9-10,14H,2-8H2,1H3. The van der Waals surface area contributed by atoms with Gasteiger partial charge in [-0.25, -0.2) is 0 Å². The van der Waals surface area contributed by atoms with Crippen LogP contribution >= 0.6 is 15.9 Å². The minimum Gasteiger partial charge on any atom is -0.396 e. The summed E-state index contributed by atoms with van der Waals surface area (Å²) < 4.78 is 0. The Kier molecular flexibility index (Phi) is 5.61. The van der Waals surface area contributed by atoms with Gasteiger partial charge >= 0.3 is 0 Å². The number of hydrogen-bond donors (Lipinski definition) is 1. The van der Waals surface area contributed by atoms with E-state index in [1.54, 1.807) is 0 Å². The Labute approximate surface area is 100.0 Å². The molecule has 15 heavy (non-hydrogen) atoms. The highest BCUT2D eigenvalue weighted by Gasteiger charge is 2.25. The summed E-state index contributed by atoms with van der Waals surface area (Å²) in [6.45, 7) is 4.01. The number of alkyl halides is 1. The molecule has 1 aliphatic heterocycles. The van der Waals surface area contributed by atoms with Gasteiger partial charge in [0.15, 0.2) is 0 Å². The van der Waals surface area contributed by atoms with E-state index in [4.69, 9.17) is 5.11 Å². The smallest absolute Gasteiger partial charge is 0.236 e. The number of aliphatic hydroxyl groups is 1. The van der Waals surface area contributed by atoms with E-state index < -0.39 is 0 Å². The maximum Gasteiger partial charge on any atom is 0.236 e. The quantitative estimate of drug-likeness (QED) is 0.779. The van der Waals surface area contributed by atoms with Gasteiger partial charge in [-0.3, -0.25) is 4.79 Å². The van der Waals surface area contributed by atoms with Crippen molar-refractivity contribution in [3.05, 3.63) is 0 Å². The Morgan fingerprint density at radius 3 is 3.07 bits per heavy atom. The fourth-order valence-corrected chi connectivity index (χ4v) is 2.45. The highest BCUT2D eigenvalue weighted by Crippen LogP contribution is 2.19. The number of likely N-dealkylation sites (tertiary alicyclic amines) is 1. The number of rotatable bonds is 5. The molecule has 0 aromatic heterocycles. The predicted octanol–water partition coefficient (Wildman–Crippen LogP) is 1.78. The number of aliphatic hydroxyl groups excluding tert-OH is 1. The molecule has 1 amide bonds. The van der Waals surface area contributed by atoms with Crippen LogP contribution in [0.3, 0.4) is 0 Å². The van der Waals surface area contributed by atoms with Crippen molar-refractivity contribution in [1.29, 1.82) is 0 Å². The molecule has 88 valence electrons. The van der Waals surface area contributed by atoms with Crippen LogP contribution in [0.5, 0.6) is 0 Å². The van der Waals surface area contributed by atoms with Gasteiger partial charge in [0.25, 0.3) is 0 Å². The zero-order chi connectivity index (χ0) is 11.3. The fourth-order valence-electron chi connectivity index (χ4n) is 1.84. The summed E-state index contributed by atoms with van der Waals surface area (Å²) >= 11 is 3.40. The Bertz CT molecular complexity index is 211. The number of carbonyl (C=O) groups is 1. The Hall–Kier alpha value is -0.0900. The molecule has 0 saturated carbocycles. The first-order valence-electron chi connectivity index (χ1n) is 5.69. The van der Waals surface area contributed by atoms with E-state index in [1.165, 1.54) is 0 Å². The SMILES string of the molecule is CC(CO)CCCN1CCCC(Br)C1=O. The number of halogens is 1. The van der Waals surface area contributed by atoms with E-state index in [-0.39, 0.29) is 17.3 Å². The largest absolute Gasteiger partial charge is 0.396 e. The van der Waals surface area contributed by atoms with Crippen LogP contribution in [-0.4, -0.2) is 40.4 Å². The van der Waals surface area contributed by atoms with E-state index in [9.17, 15) is 4.79 Å². The summed E-state index contributed by atoms with van der Waals surface area (Å²) in [6.07, 6.45) is 4.04. The summed E-state index contributed by atoms with van der Waals surface area (Å²) in [5.74, 6) is 0.586. The Morgan fingerprint density at radius 2 is 2.40 bits per heavy atom. The average molecular weight is 278 g/mol. The van der Waals surface area contributed by atoms with Gasteiger partial charge in [0.1, 0.15) is 0 Å². The van der Waals surface area contributed by atoms with Gasteiger partial charge in [0.05, 0.1) is 4.83 Å². The lowest BCUT2D eigenvalue weighted by Gasteiger charge is -2.30. The molecule has 0 aromatic rings. The summed E-state index contributed by atoms with van der Waals surface area (Å²) in [4.78, 5) is 13.7. The average Bonchev–Trinajstić information content (AvgIpc) is 2.24. The van der Waals surface area contributed by atoms with E-state index >= 15 is 0 Å². The third kappa shape index (κ3) is 4.11. The molecule has 0 spiro atoms. The van der Waals surface area contributed by atoms with E-state index in [1.807, 2.05) is 11.8 Å². The zero-order valence-electron chi connectivity index (χ0n) is 9.29. The lowest BCUT2D eigenvalue weighted by molar-refractivity contribution is -0.132. The second kappa shape index (κ2) is 6.48. The first kappa shape index (κ1) is 13.0. The molecular weight excluding hydrogens is 258 g/mol. The van der Waals surface area contributed by atoms with Gasteiger partial charge in [0.2, 0.25) is 5.91 Å². The minimum atomic E-state index is 0.0292. The normalized spacial score (nSPS) is 24.3. The van der Waals surface area contributed by atoms with Crippen LogP contribution in [0.2, 0.25) is 0 Å². The summed E-state index contributed by atoms with van der Waals surface area (Å²) in [5.41, 5.74) is 0. The number of piperidine rings is 1. The molecule has 1 saturated heterocycles. The second-order valence-corrected chi connectivity index (χ2v) is 5.47. The van der Waals surface area contributed by atoms with Crippen LogP contribution in [0.4, 0.5) is 0 Å². The molecule has 1 heterocycles. The highest BCUT2D eigenvalue weighted by atomic mass is 79.9. The van der Waals surface area contributed by atoms with Crippen molar-refractivity contribution < 1.29 is 9.90 Å². The molecule has 1 rings (SSSR count). The summed E-state index contributed by atoms with van der Waals surface area (Å²) in [6, 6.07) is 0. The minimum absolute atomic E-state index is 0.0292. The monoisotopic (exact) mass is 277 g/mol. The van der Waals surface area contributed by atoms with Crippen molar-refractivity contribution >= 4 is 21.8 Å². The topological polar surface area (TPSA) is 40.5 Å². The van der Waals surface area contributed by atoms with Crippen molar-refractivity contribution in [3.63, 3.8) is 0 Å². The van der Waals surface area contributed by atoms with Crippen molar-refractivity contribution in [2.45, 2.75) is 37.4 Å². The molecule has 2 unspecified atom stereocenters. The van der Waals surface area contributed by atoms with Crippen LogP contribution < -0.4 is 0 Å². The van der Waals surface area contributed by atoms with Gasteiger partial charge in [-0.15, -0.1) is 0 Å². The van der Waals surface area contributed by atoms with Crippen LogP contribution in [0.25, 0.3) is 0 Å². The van der Waals surface area contributed by atoms with Gasteiger partial charge in [-0.1, -0.05) is 22.9 Å². The molecule has 0 radical (unpaired) electrons. The fraction of sp³-hybridized carbons (Fsp3) is 0.909. The molecular formula is C11H20BrNO2. The zero-order valence-corrected chi connectivity index (χ0v) is 10.9. The summed E-state index contributed by atoms with van der Waals surface area (Å²) in [7, 11) is 0. The molecule has 0 bridgehead atoms. The molecule has 2 atom stereocenters. The van der Waals surface area contributed by atoms with Crippen molar-refractivity contribution in [2.75, 3.05) is 19.7 Å². The number of amides is 1. The van der Waals surface area contributed by atoms with Gasteiger partial charge < -0.3 is 10.0 Å². The van der Waals surface area contributed by atoms with E-state index in [2.05, 4.69) is 15.9 Å². The van der Waals surface area contributed by atoms with Gasteiger partial charge in [-0.2, -0.15) is 0 Å². The molecule has 3 nitrogen and oxygen atoms in total. The van der Waals surface area contributed by atoms with Gasteiger partial charge in [-0.05, 0) is 31.6 Å². The third-order valence-electron chi connectivity index (χ3n) is 2.90. The Balaban J connectivity index is 2.23. The third-order valence-corrected chi connectivity index (χ3v) is 3.75. The lowest BCUT2D eigenvalue weighted by Crippen LogP contribution is -2.42. The molecule has 1 aliphatic rings. The van der Waals surface area contributed by atoms with Gasteiger partial charge in [0, 0.05) is 19.7 Å². The van der Waals surface area contributed by atoms with Crippen LogP contribution in [0.1, 0.15) is 32.6 Å². The first-order chi connectivity index (χ1) is 7.15. The first-order valence-corrected chi connectivity index (χ1v) is 6.60. The van der Waals surface area contributed by atoms with Crippen LogP contribution in [0, 0.1) is 5.92 Å². The molecule has 4 heteroatoms. The van der Waals surface area contributed by atoms with Crippen LogP contribution in [0.15, 0.2) is 0 Å². The molecule has 1 N–H and O–H groups in total. The second-order valence-electron chi connectivity index (χ2n) is 4.37. The van der Waals surface area contributed by atoms with E-state index in [0.717, 1.165) is 38.8 Å². The summed E-state index contributed by atoms with van der Waals surface area (Å²) in [5, 5.41) is 8.88. The number of carbonyl (C=O) groups excluding carboxylic acids is 1. The maximum atomic E-state index is 11.7. The number of hydrogen-bond acceptors (Lipinski definition) is 2. The molecule has 0 aliphatic carbocycles. The molecule has 0 aromatic carbocycles. The predicted molar refractivity (Wildman–Crippen MR) is 64.0 cm³/mol. The lowest BCUT2D eigenvalue weighted by atomic mass is 10.1. The van der Waals surface area contributed by atoms with Crippen molar-refractivity contribution in [3.8, 4) is 0 Å². The molecule has 1 fully saturated rings.